The van der Waals surface area contributed by atoms with E-state index in [4.69, 9.17) is 4.74 Å². The van der Waals surface area contributed by atoms with Crippen LogP contribution in [0.5, 0.6) is 5.75 Å². The van der Waals surface area contributed by atoms with Gasteiger partial charge < -0.3 is 9.30 Å². The highest BCUT2D eigenvalue weighted by Gasteiger charge is 2.21. The van der Waals surface area contributed by atoms with E-state index in [2.05, 4.69) is 25.8 Å². The highest BCUT2D eigenvalue weighted by molar-refractivity contribution is 5.70. The molecule has 7 heteroatoms. The van der Waals surface area contributed by atoms with Crippen molar-refractivity contribution in [3.8, 4) is 5.75 Å². The summed E-state index contributed by atoms with van der Waals surface area (Å²) in [6, 6.07) is 7.75. The Morgan fingerprint density at radius 1 is 1.07 bits per heavy atom. The molecule has 3 rings (SSSR count). The monoisotopic (exact) mass is 398 g/mol. The van der Waals surface area contributed by atoms with Crippen LogP contribution in [0.2, 0.25) is 0 Å². The molecule has 0 amide bonds. The van der Waals surface area contributed by atoms with Crippen molar-refractivity contribution in [1.29, 1.82) is 0 Å². The molecule has 0 N–H and O–H groups in total. The lowest BCUT2D eigenvalue weighted by atomic mass is 10.1. The lowest BCUT2D eigenvalue weighted by molar-refractivity contribution is 0.414. The lowest BCUT2D eigenvalue weighted by Crippen LogP contribution is -2.42. The van der Waals surface area contributed by atoms with Gasteiger partial charge in [0, 0.05) is 19.1 Å². The quantitative estimate of drug-likeness (QED) is 0.552. The van der Waals surface area contributed by atoms with E-state index in [9.17, 15) is 9.59 Å². The summed E-state index contributed by atoms with van der Waals surface area (Å²) in [7, 11) is 1.63. The van der Waals surface area contributed by atoms with Crippen molar-refractivity contribution in [1.82, 2.24) is 18.7 Å². The largest absolute Gasteiger partial charge is 0.497 e. The summed E-state index contributed by atoms with van der Waals surface area (Å²) in [5.41, 5.74) is 1.49. The third kappa shape index (κ3) is 3.99. The first kappa shape index (κ1) is 20.9. The van der Waals surface area contributed by atoms with Gasteiger partial charge in [-0.25, -0.2) is 9.78 Å². The fraction of sp³-hybridized carbons (Fsp3) is 0.500. The van der Waals surface area contributed by atoms with Gasteiger partial charge in [-0.1, -0.05) is 39.3 Å². The summed E-state index contributed by atoms with van der Waals surface area (Å²) < 4.78 is 10.2. The van der Waals surface area contributed by atoms with E-state index in [0.717, 1.165) is 37.0 Å². The van der Waals surface area contributed by atoms with E-state index in [0.29, 0.717) is 24.3 Å². The molecular formula is C22H30N4O3. The standard InChI is InChI=1S/C22H30N4O3/c1-5-8-13-25-21(27)19-20(26(22(25)28)17(6-2)7-3)23-15-24(19)14-16-9-11-18(29-4)12-10-16/h9-12,15,17H,5-8,13-14H2,1-4H3. The minimum atomic E-state index is -0.258. The van der Waals surface area contributed by atoms with Crippen molar-refractivity contribution in [3.05, 3.63) is 57.0 Å². The molecule has 0 aliphatic carbocycles. The third-order valence-electron chi connectivity index (χ3n) is 5.49. The van der Waals surface area contributed by atoms with Gasteiger partial charge in [-0.05, 0) is 37.0 Å². The van der Waals surface area contributed by atoms with Gasteiger partial charge in [0.05, 0.1) is 13.4 Å². The molecule has 156 valence electrons. The molecule has 0 atom stereocenters. The van der Waals surface area contributed by atoms with Crippen molar-refractivity contribution < 1.29 is 4.74 Å². The maximum absolute atomic E-state index is 13.2. The van der Waals surface area contributed by atoms with Crippen LogP contribution in [0, 0.1) is 0 Å². The van der Waals surface area contributed by atoms with Gasteiger partial charge >= 0.3 is 5.69 Å². The second kappa shape index (κ2) is 9.11. The normalized spacial score (nSPS) is 11.5. The van der Waals surface area contributed by atoms with Crippen molar-refractivity contribution in [2.24, 2.45) is 0 Å². The van der Waals surface area contributed by atoms with E-state index in [1.54, 1.807) is 18.0 Å². The Hall–Kier alpha value is -2.83. The van der Waals surface area contributed by atoms with E-state index >= 15 is 0 Å². The zero-order chi connectivity index (χ0) is 21.0. The van der Waals surface area contributed by atoms with Gasteiger partial charge in [-0.3, -0.25) is 13.9 Å². The average molecular weight is 399 g/mol. The number of methoxy groups -OCH3 is 1. The molecule has 0 fully saturated rings. The second-order valence-corrected chi connectivity index (χ2v) is 7.33. The van der Waals surface area contributed by atoms with Gasteiger partial charge in [-0.2, -0.15) is 0 Å². The number of imidazole rings is 1. The number of unbranched alkanes of at least 4 members (excludes halogenated alkanes) is 1. The molecule has 29 heavy (non-hydrogen) atoms. The first-order valence-corrected chi connectivity index (χ1v) is 10.4. The molecule has 0 aliphatic rings. The van der Waals surface area contributed by atoms with Crippen molar-refractivity contribution in [2.75, 3.05) is 7.11 Å². The van der Waals surface area contributed by atoms with E-state index in [-0.39, 0.29) is 17.3 Å². The van der Waals surface area contributed by atoms with Crippen LogP contribution in [-0.2, 0) is 13.1 Å². The number of fused-ring (bicyclic) bond motifs is 1. The Morgan fingerprint density at radius 3 is 2.34 bits per heavy atom. The Labute approximate surface area is 170 Å². The topological polar surface area (TPSA) is 71.0 Å². The van der Waals surface area contributed by atoms with Crippen LogP contribution in [0.25, 0.3) is 11.2 Å². The summed E-state index contributed by atoms with van der Waals surface area (Å²) in [5, 5.41) is 0. The summed E-state index contributed by atoms with van der Waals surface area (Å²) >= 11 is 0. The summed E-state index contributed by atoms with van der Waals surface area (Å²) in [6.07, 6.45) is 4.99. The molecule has 3 aromatic rings. The van der Waals surface area contributed by atoms with Gasteiger partial charge in [-0.15, -0.1) is 0 Å². The average Bonchev–Trinajstić information content (AvgIpc) is 3.15. The van der Waals surface area contributed by atoms with Crippen LogP contribution < -0.4 is 16.0 Å². The summed E-state index contributed by atoms with van der Waals surface area (Å²) in [4.78, 5) is 30.9. The molecule has 0 bridgehead atoms. The number of ether oxygens (including phenoxy) is 1. The van der Waals surface area contributed by atoms with Gasteiger partial charge in [0.15, 0.2) is 11.2 Å². The number of rotatable bonds is 9. The van der Waals surface area contributed by atoms with E-state index < -0.39 is 0 Å². The fourth-order valence-electron chi connectivity index (χ4n) is 3.75. The SMILES string of the molecule is CCCCn1c(=O)c2c(ncn2Cc2ccc(OC)cc2)n(C(CC)CC)c1=O. The molecule has 0 spiro atoms. The lowest BCUT2D eigenvalue weighted by Gasteiger charge is -2.19. The molecule has 0 radical (unpaired) electrons. The van der Waals surface area contributed by atoms with Crippen molar-refractivity contribution >= 4 is 11.2 Å². The molecule has 0 saturated carbocycles. The highest BCUT2D eigenvalue weighted by Crippen LogP contribution is 2.19. The molecule has 1 aromatic carbocycles. The zero-order valence-corrected chi connectivity index (χ0v) is 17.7. The van der Waals surface area contributed by atoms with Gasteiger partial charge in [0.25, 0.3) is 5.56 Å². The maximum Gasteiger partial charge on any atom is 0.332 e. The summed E-state index contributed by atoms with van der Waals surface area (Å²) in [5.74, 6) is 0.786. The first-order valence-electron chi connectivity index (χ1n) is 10.4. The van der Waals surface area contributed by atoms with Crippen LogP contribution in [0.3, 0.4) is 0 Å². The van der Waals surface area contributed by atoms with Gasteiger partial charge in [0.2, 0.25) is 0 Å². The Morgan fingerprint density at radius 2 is 1.76 bits per heavy atom. The molecule has 0 aliphatic heterocycles. The fourth-order valence-corrected chi connectivity index (χ4v) is 3.75. The second-order valence-electron chi connectivity index (χ2n) is 7.33. The molecule has 0 saturated heterocycles. The Bertz CT molecular complexity index is 1070. The number of nitrogens with zero attached hydrogens (tertiary/aromatic N) is 4. The van der Waals surface area contributed by atoms with E-state index in [1.807, 2.05) is 28.8 Å². The predicted molar refractivity (Wildman–Crippen MR) is 115 cm³/mol. The number of aromatic nitrogens is 4. The predicted octanol–water partition coefficient (Wildman–Crippen LogP) is 3.58. The van der Waals surface area contributed by atoms with Crippen LogP contribution in [-0.4, -0.2) is 25.8 Å². The van der Waals surface area contributed by atoms with Crippen molar-refractivity contribution in [3.63, 3.8) is 0 Å². The first-order chi connectivity index (χ1) is 14.0. The Balaban J connectivity index is 2.18. The van der Waals surface area contributed by atoms with Crippen LogP contribution in [0.4, 0.5) is 0 Å². The zero-order valence-electron chi connectivity index (χ0n) is 17.7. The van der Waals surface area contributed by atoms with Crippen LogP contribution >= 0.6 is 0 Å². The van der Waals surface area contributed by atoms with Crippen LogP contribution in [0.1, 0.15) is 58.1 Å². The number of benzene rings is 1. The molecule has 7 nitrogen and oxygen atoms in total. The molecule has 2 heterocycles. The number of hydrogen-bond acceptors (Lipinski definition) is 4. The van der Waals surface area contributed by atoms with E-state index in [1.165, 1.54) is 4.57 Å². The molecule has 0 unspecified atom stereocenters. The maximum atomic E-state index is 13.2. The highest BCUT2D eigenvalue weighted by atomic mass is 16.5. The minimum Gasteiger partial charge on any atom is -0.497 e. The summed E-state index contributed by atoms with van der Waals surface area (Å²) in [6.45, 7) is 7.10. The minimum absolute atomic E-state index is 0.0165. The third-order valence-corrected chi connectivity index (χ3v) is 5.49. The smallest absolute Gasteiger partial charge is 0.332 e. The molecule has 2 aromatic heterocycles. The van der Waals surface area contributed by atoms with Crippen molar-refractivity contribution in [2.45, 2.75) is 65.6 Å². The number of hydrogen-bond donors (Lipinski definition) is 0. The van der Waals surface area contributed by atoms with Crippen LogP contribution in [0.15, 0.2) is 40.2 Å². The van der Waals surface area contributed by atoms with Gasteiger partial charge in [0.1, 0.15) is 5.75 Å². The molecular weight excluding hydrogens is 368 g/mol. The Kier molecular flexibility index (Phi) is 6.56.